The lowest BCUT2D eigenvalue weighted by Crippen LogP contribution is -2.00. The molecule has 0 aliphatic carbocycles. The van der Waals surface area contributed by atoms with Crippen molar-refractivity contribution in [1.29, 1.82) is 0 Å². The lowest BCUT2D eigenvalue weighted by molar-refractivity contribution is 1.07. The minimum Gasteiger partial charge on any atom is -0.236 e. The van der Waals surface area contributed by atoms with E-state index in [1.165, 1.54) is 53.2 Å². The van der Waals surface area contributed by atoms with Gasteiger partial charge in [-0.25, -0.2) is 19.9 Å². The van der Waals surface area contributed by atoms with E-state index >= 15 is 0 Å². The van der Waals surface area contributed by atoms with E-state index in [2.05, 4.69) is 152 Å². The third-order valence-corrected chi connectivity index (χ3v) is 11.4. The zero-order valence-corrected chi connectivity index (χ0v) is 29.2. The van der Waals surface area contributed by atoms with E-state index in [1.54, 1.807) is 11.3 Å². The van der Waals surface area contributed by atoms with Gasteiger partial charge in [0.2, 0.25) is 0 Å². The summed E-state index contributed by atoms with van der Waals surface area (Å²) in [6, 6.07) is 59.7. The predicted molar refractivity (Wildman–Crippen MR) is 222 cm³/mol. The molecule has 11 aromatic rings. The van der Waals surface area contributed by atoms with Crippen LogP contribution in [0.1, 0.15) is 0 Å². The van der Waals surface area contributed by atoms with Crippen LogP contribution in [-0.4, -0.2) is 19.9 Å². The Bertz CT molecular complexity index is 3200. The molecule has 0 unspecified atom stereocenters. The van der Waals surface area contributed by atoms with E-state index < -0.39 is 0 Å². The maximum Gasteiger partial charge on any atom is 0.164 e. The minimum atomic E-state index is 0.617. The first-order valence-electron chi connectivity index (χ1n) is 17.7. The van der Waals surface area contributed by atoms with Crippen molar-refractivity contribution in [1.82, 2.24) is 19.9 Å². The molecule has 246 valence electrons. The van der Waals surface area contributed by atoms with Crippen LogP contribution >= 0.6 is 11.3 Å². The summed E-state index contributed by atoms with van der Waals surface area (Å²) < 4.78 is 1.24. The second-order valence-corrected chi connectivity index (χ2v) is 14.4. The van der Waals surface area contributed by atoms with Gasteiger partial charge in [0.25, 0.3) is 0 Å². The van der Waals surface area contributed by atoms with Gasteiger partial charge in [0, 0.05) is 43.1 Å². The summed E-state index contributed by atoms with van der Waals surface area (Å²) in [5.74, 6) is 1.88. The smallest absolute Gasteiger partial charge is 0.164 e. The zero-order chi connectivity index (χ0) is 34.9. The summed E-state index contributed by atoms with van der Waals surface area (Å²) in [7, 11) is 0. The fraction of sp³-hybridized carbons (Fsp3) is 0. The minimum absolute atomic E-state index is 0.617. The molecule has 0 saturated heterocycles. The highest BCUT2D eigenvalue weighted by Crippen LogP contribution is 2.41. The molecule has 0 spiro atoms. The largest absolute Gasteiger partial charge is 0.236 e. The topological polar surface area (TPSA) is 51.6 Å². The molecule has 0 aliphatic rings. The fourth-order valence-corrected chi connectivity index (χ4v) is 8.96. The summed E-state index contributed by atoms with van der Waals surface area (Å²) in [5, 5.41) is 12.1. The molecular formula is C48H28N4S. The highest BCUT2D eigenvalue weighted by Gasteiger charge is 2.18. The van der Waals surface area contributed by atoms with Gasteiger partial charge in [-0.3, -0.25) is 0 Å². The van der Waals surface area contributed by atoms with Crippen molar-refractivity contribution < 1.29 is 0 Å². The number of nitrogens with zero attached hydrogens (tertiary/aromatic N) is 4. The quantitative estimate of drug-likeness (QED) is 0.172. The van der Waals surface area contributed by atoms with Gasteiger partial charge in [-0.2, -0.15) is 0 Å². The van der Waals surface area contributed by atoms with Crippen LogP contribution in [0.5, 0.6) is 0 Å². The van der Waals surface area contributed by atoms with Gasteiger partial charge in [-0.1, -0.05) is 152 Å². The standard InChI is InChI=1S/C48H28N4S/c1-2-13-29(14-3-1)45-50-46(52-47(51-45)32-25-26-37-35-19-5-4-17-33(35)34-18-6-7-20-36(34)41(37)28-32)31-16-12-15-30(27-31)44-39-22-9-8-21-38(39)43-40-23-10-11-24-42(40)53-48(43)49-44/h1-28H. The average Bonchev–Trinajstić information content (AvgIpc) is 3.62. The summed E-state index contributed by atoms with van der Waals surface area (Å²) >= 11 is 1.74. The van der Waals surface area contributed by atoms with Crippen molar-refractivity contribution in [2.24, 2.45) is 0 Å². The highest BCUT2D eigenvalue weighted by molar-refractivity contribution is 7.25. The fourth-order valence-electron chi connectivity index (χ4n) is 7.86. The molecule has 0 amide bonds. The van der Waals surface area contributed by atoms with Crippen LogP contribution in [0.25, 0.3) is 109 Å². The average molecular weight is 693 g/mol. The monoisotopic (exact) mass is 692 g/mol. The molecule has 4 nitrogen and oxygen atoms in total. The first-order chi connectivity index (χ1) is 26.3. The number of aromatic nitrogens is 4. The first kappa shape index (κ1) is 29.9. The molecule has 11 rings (SSSR count). The molecule has 0 radical (unpaired) electrons. The van der Waals surface area contributed by atoms with Crippen molar-refractivity contribution in [3.05, 3.63) is 170 Å². The van der Waals surface area contributed by atoms with Gasteiger partial charge < -0.3 is 0 Å². The van der Waals surface area contributed by atoms with Gasteiger partial charge in [0.05, 0.1) is 5.69 Å². The number of hydrogen-bond acceptors (Lipinski definition) is 5. The number of benzene rings is 8. The predicted octanol–water partition coefficient (Wildman–Crippen LogP) is 12.9. The van der Waals surface area contributed by atoms with Crippen LogP contribution in [0, 0.1) is 0 Å². The Morgan fingerprint density at radius 1 is 0.302 bits per heavy atom. The molecule has 3 heterocycles. The lowest BCUT2D eigenvalue weighted by Gasteiger charge is -2.13. The molecule has 5 heteroatoms. The Kier molecular flexibility index (Phi) is 6.69. The Labute approximate surface area is 308 Å². The molecule has 3 aromatic heterocycles. The van der Waals surface area contributed by atoms with Crippen LogP contribution in [0.4, 0.5) is 0 Å². The maximum absolute atomic E-state index is 5.32. The third-order valence-electron chi connectivity index (χ3n) is 10.3. The van der Waals surface area contributed by atoms with E-state index in [1.807, 2.05) is 18.2 Å². The van der Waals surface area contributed by atoms with Crippen LogP contribution in [0.15, 0.2) is 170 Å². The van der Waals surface area contributed by atoms with Crippen molar-refractivity contribution in [2.75, 3.05) is 0 Å². The van der Waals surface area contributed by atoms with E-state index in [-0.39, 0.29) is 0 Å². The van der Waals surface area contributed by atoms with E-state index in [0.717, 1.165) is 38.2 Å². The second-order valence-electron chi connectivity index (χ2n) is 13.4. The normalized spacial score (nSPS) is 11.8. The maximum atomic E-state index is 5.32. The number of rotatable bonds is 4. The second kappa shape index (κ2) is 11.9. The molecule has 8 aromatic carbocycles. The number of hydrogen-bond donors (Lipinski definition) is 0. The summed E-state index contributed by atoms with van der Waals surface area (Å²) in [4.78, 5) is 21.7. The molecule has 0 fully saturated rings. The van der Waals surface area contributed by atoms with Crippen LogP contribution in [0.3, 0.4) is 0 Å². The van der Waals surface area contributed by atoms with E-state index in [9.17, 15) is 0 Å². The van der Waals surface area contributed by atoms with Crippen LogP contribution in [-0.2, 0) is 0 Å². The Morgan fingerprint density at radius 2 is 0.792 bits per heavy atom. The van der Waals surface area contributed by atoms with Gasteiger partial charge in [-0.15, -0.1) is 11.3 Å². The highest BCUT2D eigenvalue weighted by atomic mass is 32.1. The molecule has 0 saturated carbocycles. The van der Waals surface area contributed by atoms with E-state index in [0.29, 0.717) is 17.5 Å². The zero-order valence-electron chi connectivity index (χ0n) is 28.4. The van der Waals surface area contributed by atoms with Crippen molar-refractivity contribution in [3.8, 4) is 45.4 Å². The van der Waals surface area contributed by atoms with Gasteiger partial charge in [0.15, 0.2) is 17.5 Å². The van der Waals surface area contributed by atoms with Gasteiger partial charge in [-0.05, 0) is 55.9 Å². The summed E-state index contributed by atoms with van der Waals surface area (Å²) in [6.07, 6.45) is 0. The van der Waals surface area contributed by atoms with Gasteiger partial charge >= 0.3 is 0 Å². The van der Waals surface area contributed by atoms with E-state index in [4.69, 9.17) is 19.9 Å². The van der Waals surface area contributed by atoms with Gasteiger partial charge in [0.1, 0.15) is 4.83 Å². The lowest BCUT2D eigenvalue weighted by atomic mass is 9.93. The summed E-state index contributed by atoms with van der Waals surface area (Å²) in [5.41, 5.74) is 4.76. The third kappa shape index (κ3) is 4.82. The summed E-state index contributed by atoms with van der Waals surface area (Å²) in [6.45, 7) is 0. The molecule has 0 atom stereocenters. The van der Waals surface area contributed by atoms with Crippen molar-refractivity contribution in [3.63, 3.8) is 0 Å². The molecule has 0 aliphatic heterocycles. The van der Waals surface area contributed by atoms with Crippen LogP contribution in [0.2, 0.25) is 0 Å². The Balaban J connectivity index is 1.11. The number of pyridine rings is 1. The first-order valence-corrected chi connectivity index (χ1v) is 18.5. The molecule has 0 N–H and O–H groups in total. The Hall–Kier alpha value is -6.82. The Morgan fingerprint density at radius 3 is 1.49 bits per heavy atom. The van der Waals surface area contributed by atoms with Crippen molar-refractivity contribution >= 4 is 74.7 Å². The van der Waals surface area contributed by atoms with Crippen LogP contribution < -0.4 is 0 Å². The SMILES string of the molecule is c1ccc(-c2nc(-c3cccc(-c4nc5sc6ccccc6c5c5ccccc45)c3)nc(-c3ccc4c5ccccc5c5ccccc5c4c3)n2)cc1. The number of fused-ring (bicyclic) bond motifs is 11. The molecule has 53 heavy (non-hydrogen) atoms. The van der Waals surface area contributed by atoms with Crippen molar-refractivity contribution in [2.45, 2.75) is 0 Å². The molecular weight excluding hydrogens is 665 g/mol. The molecule has 0 bridgehead atoms. The number of thiophene rings is 1.